The van der Waals surface area contributed by atoms with Crippen molar-refractivity contribution < 1.29 is 27.4 Å². The predicted octanol–water partition coefficient (Wildman–Crippen LogP) is 2.72. The molecule has 1 aromatic heterocycles. The summed E-state index contributed by atoms with van der Waals surface area (Å²) in [4.78, 5) is 0. The van der Waals surface area contributed by atoms with Gasteiger partial charge in [-0.25, -0.2) is 0 Å². The number of aliphatic hydroxyl groups excluding tert-OH is 1. The lowest BCUT2D eigenvalue weighted by molar-refractivity contribution is -0.274. The maximum absolute atomic E-state index is 12.0. The Kier molecular flexibility index (Phi) is 4.01. The molecule has 0 bridgehead atoms. The van der Waals surface area contributed by atoms with Crippen LogP contribution in [0.5, 0.6) is 5.75 Å². The van der Waals surface area contributed by atoms with Crippen molar-refractivity contribution in [2.45, 2.75) is 19.0 Å². The summed E-state index contributed by atoms with van der Waals surface area (Å²) in [7, 11) is 0. The number of aliphatic hydroxyl groups is 1. The van der Waals surface area contributed by atoms with Gasteiger partial charge in [-0.15, -0.1) is 13.2 Å². The summed E-state index contributed by atoms with van der Waals surface area (Å²) in [6, 6.07) is 7.76. The van der Waals surface area contributed by atoms with Gasteiger partial charge in [-0.3, -0.25) is 0 Å². The molecular formula is C13H12F3NO3. The lowest BCUT2D eigenvalue weighted by Crippen LogP contribution is -2.17. The van der Waals surface area contributed by atoms with Crippen LogP contribution in [0.3, 0.4) is 0 Å². The third-order valence-electron chi connectivity index (χ3n) is 2.62. The van der Waals surface area contributed by atoms with Crippen LogP contribution in [0.2, 0.25) is 0 Å². The zero-order chi connectivity index (χ0) is 14.8. The van der Waals surface area contributed by atoms with Gasteiger partial charge in [0.15, 0.2) is 0 Å². The van der Waals surface area contributed by atoms with Crippen LogP contribution in [0.25, 0.3) is 0 Å². The van der Waals surface area contributed by atoms with Gasteiger partial charge >= 0.3 is 6.36 Å². The van der Waals surface area contributed by atoms with Crippen molar-refractivity contribution in [3.8, 4) is 5.75 Å². The lowest BCUT2D eigenvalue weighted by Gasteiger charge is -2.12. The van der Waals surface area contributed by atoms with Gasteiger partial charge in [0, 0.05) is 0 Å². The first-order valence-electron chi connectivity index (χ1n) is 5.70. The number of rotatable bonds is 4. The quantitative estimate of drug-likeness (QED) is 0.907. The van der Waals surface area contributed by atoms with Crippen molar-refractivity contribution >= 4 is 0 Å². The van der Waals surface area contributed by atoms with E-state index in [0.717, 1.165) is 0 Å². The Hall–Kier alpha value is -1.99. The number of hydrogen-bond acceptors (Lipinski definition) is 4. The molecular weight excluding hydrogens is 275 g/mol. The fourth-order valence-electron chi connectivity index (χ4n) is 1.69. The zero-order valence-electron chi connectivity index (χ0n) is 10.2. The SMILES string of the molecule is N[C@H](c1ccc(OC(F)(F)F)cc1)c1ccc(CO)o1. The molecule has 4 nitrogen and oxygen atoms in total. The van der Waals surface area contributed by atoms with E-state index in [-0.39, 0.29) is 12.4 Å². The monoisotopic (exact) mass is 287 g/mol. The van der Waals surface area contributed by atoms with Crippen molar-refractivity contribution in [3.63, 3.8) is 0 Å². The van der Waals surface area contributed by atoms with E-state index >= 15 is 0 Å². The summed E-state index contributed by atoms with van der Waals surface area (Å²) in [6.07, 6.45) is -4.72. The molecule has 0 saturated heterocycles. The molecule has 0 aliphatic rings. The van der Waals surface area contributed by atoms with E-state index in [2.05, 4.69) is 4.74 Å². The number of alkyl halides is 3. The second-order valence-corrected chi connectivity index (χ2v) is 4.06. The van der Waals surface area contributed by atoms with Gasteiger partial charge in [0.05, 0.1) is 6.04 Å². The highest BCUT2D eigenvalue weighted by Crippen LogP contribution is 2.26. The third kappa shape index (κ3) is 3.52. The molecule has 0 unspecified atom stereocenters. The second-order valence-electron chi connectivity index (χ2n) is 4.06. The molecule has 0 fully saturated rings. The van der Waals surface area contributed by atoms with Crippen LogP contribution in [-0.4, -0.2) is 11.5 Å². The van der Waals surface area contributed by atoms with Gasteiger partial charge in [-0.05, 0) is 29.8 Å². The minimum absolute atomic E-state index is 0.245. The van der Waals surface area contributed by atoms with E-state index in [1.54, 1.807) is 12.1 Å². The fourth-order valence-corrected chi connectivity index (χ4v) is 1.69. The number of halogens is 3. The van der Waals surface area contributed by atoms with E-state index in [1.165, 1.54) is 24.3 Å². The number of hydrogen-bond donors (Lipinski definition) is 2. The molecule has 20 heavy (non-hydrogen) atoms. The maximum atomic E-state index is 12.0. The lowest BCUT2D eigenvalue weighted by atomic mass is 10.1. The van der Waals surface area contributed by atoms with Gasteiger partial charge in [0.2, 0.25) is 0 Å². The van der Waals surface area contributed by atoms with Gasteiger partial charge < -0.3 is 20.0 Å². The molecule has 2 rings (SSSR count). The van der Waals surface area contributed by atoms with Crippen LogP contribution in [-0.2, 0) is 6.61 Å². The molecule has 2 aromatic rings. The Morgan fingerprint density at radius 2 is 1.80 bits per heavy atom. The minimum atomic E-state index is -4.72. The predicted molar refractivity (Wildman–Crippen MR) is 63.8 cm³/mol. The van der Waals surface area contributed by atoms with Crippen LogP contribution in [0.15, 0.2) is 40.8 Å². The Balaban J connectivity index is 2.13. The third-order valence-corrected chi connectivity index (χ3v) is 2.62. The van der Waals surface area contributed by atoms with Crippen LogP contribution in [0.1, 0.15) is 23.1 Å². The summed E-state index contributed by atoms with van der Waals surface area (Å²) in [6.45, 7) is -0.245. The van der Waals surface area contributed by atoms with Crippen LogP contribution < -0.4 is 10.5 Å². The number of furan rings is 1. The fraction of sp³-hybridized carbons (Fsp3) is 0.231. The van der Waals surface area contributed by atoms with Gasteiger partial charge in [-0.2, -0.15) is 0 Å². The van der Waals surface area contributed by atoms with E-state index in [9.17, 15) is 13.2 Å². The van der Waals surface area contributed by atoms with Crippen molar-refractivity contribution in [3.05, 3.63) is 53.5 Å². The highest BCUT2D eigenvalue weighted by Gasteiger charge is 2.31. The first-order valence-corrected chi connectivity index (χ1v) is 5.70. The molecule has 0 spiro atoms. The number of benzene rings is 1. The van der Waals surface area contributed by atoms with Crippen LogP contribution >= 0.6 is 0 Å². The van der Waals surface area contributed by atoms with Gasteiger partial charge in [0.25, 0.3) is 0 Å². The van der Waals surface area contributed by atoms with Crippen LogP contribution in [0, 0.1) is 0 Å². The molecule has 1 atom stereocenters. The highest BCUT2D eigenvalue weighted by molar-refractivity contribution is 5.32. The second kappa shape index (κ2) is 5.56. The van der Waals surface area contributed by atoms with E-state index in [4.69, 9.17) is 15.3 Å². The maximum Gasteiger partial charge on any atom is 0.573 e. The molecule has 3 N–H and O–H groups in total. The average Bonchev–Trinajstić information content (AvgIpc) is 2.85. The highest BCUT2D eigenvalue weighted by atomic mass is 19.4. The van der Waals surface area contributed by atoms with Crippen molar-refractivity contribution in [2.75, 3.05) is 0 Å². The standard InChI is InChI=1S/C13H12F3NO3/c14-13(15,16)20-9-3-1-8(2-4-9)12(17)11-6-5-10(7-18)19-11/h1-6,12,18H,7,17H2/t12-/m1/s1. The minimum Gasteiger partial charge on any atom is -0.462 e. The zero-order valence-corrected chi connectivity index (χ0v) is 10.2. The molecule has 108 valence electrons. The first-order chi connectivity index (χ1) is 9.39. The van der Waals surface area contributed by atoms with Crippen molar-refractivity contribution in [1.29, 1.82) is 0 Å². The number of nitrogens with two attached hydrogens (primary N) is 1. The largest absolute Gasteiger partial charge is 0.573 e. The molecule has 0 aliphatic carbocycles. The van der Waals surface area contributed by atoms with Gasteiger partial charge in [0.1, 0.15) is 23.9 Å². The Labute approximate surface area is 112 Å². The van der Waals surface area contributed by atoms with E-state index < -0.39 is 12.4 Å². The molecule has 0 amide bonds. The van der Waals surface area contributed by atoms with Crippen LogP contribution in [0.4, 0.5) is 13.2 Å². The molecule has 1 heterocycles. The molecule has 7 heteroatoms. The normalized spacial score (nSPS) is 13.2. The summed E-state index contributed by atoms with van der Waals surface area (Å²) < 4.78 is 45.1. The molecule has 0 radical (unpaired) electrons. The smallest absolute Gasteiger partial charge is 0.462 e. The molecule has 0 saturated carbocycles. The Morgan fingerprint density at radius 3 is 2.30 bits per heavy atom. The Morgan fingerprint density at radius 1 is 1.15 bits per heavy atom. The number of ether oxygens (including phenoxy) is 1. The van der Waals surface area contributed by atoms with Crippen molar-refractivity contribution in [1.82, 2.24) is 0 Å². The molecule has 1 aromatic carbocycles. The summed E-state index contributed by atoms with van der Waals surface area (Å²) >= 11 is 0. The van der Waals surface area contributed by atoms with Crippen molar-refractivity contribution in [2.24, 2.45) is 5.73 Å². The first kappa shape index (κ1) is 14.4. The summed E-state index contributed by atoms with van der Waals surface area (Å²) in [5.74, 6) is 0.468. The van der Waals surface area contributed by atoms with E-state index in [1.807, 2.05) is 0 Å². The molecule has 0 aliphatic heterocycles. The topological polar surface area (TPSA) is 68.6 Å². The van der Waals surface area contributed by atoms with Gasteiger partial charge in [-0.1, -0.05) is 12.1 Å². The summed E-state index contributed by atoms with van der Waals surface area (Å²) in [5.41, 5.74) is 6.49. The Bertz CT molecular complexity index is 563. The average molecular weight is 287 g/mol. The summed E-state index contributed by atoms with van der Waals surface area (Å²) in [5, 5.41) is 8.89. The van der Waals surface area contributed by atoms with E-state index in [0.29, 0.717) is 17.1 Å².